The van der Waals surface area contributed by atoms with E-state index in [1.54, 1.807) is 24.3 Å². The van der Waals surface area contributed by atoms with Crippen molar-refractivity contribution in [2.75, 3.05) is 19.8 Å². The Kier molecular flexibility index (Phi) is 10.7. The van der Waals surface area contributed by atoms with Crippen LogP contribution in [0.1, 0.15) is 57.1 Å². The van der Waals surface area contributed by atoms with Crippen molar-refractivity contribution in [3.63, 3.8) is 0 Å². The number of halogens is 3. The van der Waals surface area contributed by atoms with Crippen LogP contribution in [-0.2, 0) is 36.9 Å². The minimum absolute atomic E-state index is 0.0196. The molecule has 2 amide bonds. The molecule has 9 nitrogen and oxygen atoms in total. The molecule has 2 aliphatic heterocycles. The van der Waals surface area contributed by atoms with Gasteiger partial charge in [-0.05, 0) is 75.4 Å². The highest BCUT2D eigenvalue weighted by Gasteiger charge is 2.40. The summed E-state index contributed by atoms with van der Waals surface area (Å²) in [5.74, 6) is -0.434. The van der Waals surface area contributed by atoms with Crippen molar-refractivity contribution >= 4 is 21.8 Å². The molecule has 2 atom stereocenters. The van der Waals surface area contributed by atoms with Crippen molar-refractivity contribution < 1.29 is 40.7 Å². The van der Waals surface area contributed by atoms with Crippen LogP contribution in [0.4, 0.5) is 13.2 Å². The van der Waals surface area contributed by atoms with E-state index < -0.39 is 50.6 Å². The Morgan fingerprint density at radius 3 is 2.40 bits per heavy atom. The first-order valence-electron chi connectivity index (χ1n) is 14.5. The third-order valence-electron chi connectivity index (χ3n) is 7.46. The molecule has 2 aliphatic rings. The van der Waals surface area contributed by atoms with Gasteiger partial charge >= 0.3 is 6.18 Å². The van der Waals surface area contributed by atoms with Crippen LogP contribution in [0.25, 0.3) is 0 Å². The lowest BCUT2D eigenvalue weighted by molar-refractivity contribution is -0.137. The number of hydrogen-bond acceptors (Lipinski definition) is 6. The van der Waals surface area contributed by atoms with Crippen LogP contribution < -0.4 is 15.4 Å². The molecule has 43 heavy (non-hydrogen) atoms. The van der Waals surface area contributed by atoms with Crippen molar-refractivity contribution in [3.8, 4) is 5.75 Å². The summed E-state index contributed by atoms with van der Waals surface area (Å²) in [6.07, 6.45) is -2.21. The highest BCUT2D eigenvalue weighted by molar-refractivity contribution is 7.89. The molecule has 2 fully saturated rings. The SMILES string of the molecule is CC(C)Oc1ccc(C[C@H](NC(=O)[C@@H]2CCCCN2S(=O)(=O)c2cccc(C(F)(F)F)c2)C(=O)NC2CCOCC2)cc1. The molecular formula is C30H38F3N3O6S. The summed E-state index contributed by atoms with van der Waals surface area (Å²) in [4.78, 5) is 26.6. The molecule has 236 valence electrons. The minimum Gasteiger partial charge on any atom is -0.491 e. The topological polar surface area (TPSA) is 114 Å². The van der Waals surface area contributed by atoms with Gasteiger partial charge in [-0.25, -0.2) is 8.42 Å². The number of nitrogens with one attached hydrogen (secondary N) is 2. The largest absolute Gasteiger partial charge is 0.491 e. The van der Waals surface area contributed by atoms with Gasteiger partial charge in [-0.15, -0.1) is 0 Å². The standard InChI is InChI=1S/C30H38F3N3O6S/c1-20(2)42-24-11-9-21(10-12-24)18-26(28(37)34-23-13-16-41-17-14-23)35-29(38)27-8-3-4-15-36(27)43(39,40)25-7-5-6-22(19-25)30(31,32)33/h5-7,9-12,19-20,23,26-27H,3-4,8,13-18H2,1-2H3,(H,34,37)(H,35,38)/t26-,27-/m0/s1. The normalized spacial score (nSPS) is 19.5. The summed E-state index contributed by atoms with van der Waals surface area (Å²) in [5, 5.41) is 5.74. The lowest BCUT2D eigenvalue weighted by Crippen LogP contribution is -2.57. The summed E-state index contributed by atoms with van der Waals surface area (Å²) >= 11 is 0. The van der Waals surface area contributed by atoms with Crippen LogP contribution in [-0.4, -0.2) is 68.5 Å². The fraction of sp³-hybridized carbons (Fsp3) is 0.533. The van der Waals surface area contributed by atoms with E-state index in [-0.39, 0.29) is 31.5 Å². The molecule has 13 heteroatoms. The number of rotatable bonds is 10. The number of sulfonamides is 1. The number of carbonyl (C=O) groups excluding carboxylic acids is 2. The van der Waals surface area contributed by atoms with E-state index in [9.17, 15) is 31.2 Å². The van der Waals surface area contributed by atoms with E-state index in [1.807, 2.05) is 13.8 Å². The Hall–Kier alpha value is -3.16. The average molecular weight is 626 g/mol. The lowest BCUT2D eigenvalue weighted by atomic mass is 10.0. The van der Waals surface area contributed by atoms with E-state index in [2.05, 4.69) is 10.6 Å². The van der Waals surface area contributed by atoms with Gasteiger partial charge in [0.1, 0.15) is 17.8 Å². The third-order valence-corrected chi connectivity index (χ3v) is 9.36. The molecule has 2 heterocycles. The van der Waals surface area contributed by atoms with Gasteiger partial charge in [0.25, 0.3) is 0 Å². The van der Waals surface area contributed by atoms with E-state index >= 15 is 0 Å². The first-order chi connectivity index (χ1) is 20.3. The molecular weight excluding hydrogens is 587 g/mol. The Bertz CT molecular complexity index is 1360. The van der Waals surface area contributed by atoms with Gasteiger partial charge < -0.3 is 20.1 Å². The monoisotopic (exact) mass is 625 g/mol. The number of ether oxygens (including phenoxy) is 2. The number of benzene rings is 2. The maximum atomic E-state index is 13.7. The van der Waals surface area contributed by atoms with Gasteiger partial charge in [0, 0.05) is 32.2 Å². The van der Waals surface area contributed by atoms with E-state index in [4.69, 9.17) is 9.47 Å². The number of alkyl halides is 3. The predicted octanol–water partition coefficient (Wildman–Crippen LogP) is 4.06. The van der Waals surface area contributed by atoms with Crippen LogP contribution >= 0.6 is 0 Å². The molecule has 0 radical (unpaired) electrons. The molecule has 0 bridgehead atoms. The number of carbonyl (C=O) groups is 2. The molecule has 0 spiro atoms. The van der Waals surface area contributed by atoms with Crippen LogP contribution in [0, 0.1) is 0 Å². The summed E-state index contributed by atoms with van der Waals surface area (Å²) in [5.41, 5.74) is -0.345. The highest BCUT2D eigenvalue weighted by atomic mass is 32.2. The van der Waals surface area contributed by atoms with Gasteiger partial charge in [0.15, 0.2) is 0 Å². The zero-order valence-corrected chi connectivity index (χ0v) is 25.0. The van der Waals surface area contributed by atoms with Crippen molar-refractivity contribution in [3.05, 3.63) is 59.7 Å². The fourth-order valence-corrected chi connectivity index (χ4v) is 6.96. The van der Waals surface area contributed by atoms with Crippen molar-refractivity contribution in [1.29, 1.82) is 0 Å². The van der Waals surface area contributed by atoms with Gasteiger partial charge in [-0.1, -0.05) is 24.6 Å². The zero-order valence-electron chi connectivity index (χ0n) is 24.2. The number of hydrogen-bond donors (Lipinski definition) is 2. The molecule has 2 saturated heterocycles. The predicted molar refractivity (Wildman–Crippen MR) is 153 cm³/mol. The molecule has 2 aromatic rings. The minimum atomic E-state index is -4.73. The second kappa shape index (κ2) is 14.1. The summed E-state index contributed by atoms with van der Waals surface area (Å²) in [6.45, 7) is 4.78. The maximum Gasteiger partial charge on any atom is 0.416 e. The van der Waals surface area contributed by atoms with Gasteiger partial charge in [0.2, 0.25) is 21.8 Å². The summed E-state index contributed by atoms with van der Waals surface area (Å²) < 4.78 is 79.1. The van der Waals surface area contributed by atoms with E-state index in [0.29, 0.717) is 50.7 Å². The lowest BCUT2D eigenvalue weighted by Gasteiger charge is -2.35. The van der Waals surface area contributed by atoms with E-state index in [0.717, 1.165) is 28.1 Å². The fourth-order valence-electron chi connectivity index (χ4n) is 5.26. The second-order valence-electron chi connectivity index (χ2n) is 11.1. The molecule has 0 saturated carbocycles. The van der Waals surface area contributed by atoms with E-state index in [1.165, 1.54) is 0 Å². The number of piperidine rings is 1. The van der Waals surface area contributed by atoms with Gasteiger partial charge in [-0.2, -0.15) is 17.5 Å². The van der Waals surface area contributed by atoms with Crippen molar-refractivity contribution in [2.45, 2.75) is 87.7 Å². The molecule has 2 N–H and O–H groups in total. The van der Waals surface area contributed by atoms with Gasteiger partial charge in [-0.3, -0.25) is 9.59 Å². The smallest absolute Gasteiger partial charge is 0.416 e. The highest BCUT2D eigenvalue weighted by Crippen LogP contribution is 2.32. The quantitative estimate of drug-likeness (QED) is 0.412. The Labute approximate surface area is 250 Å². The second-order valence-corrected chi connectivity index (χ2v) is 13.0. The molecule has 0 aromatic heterocycles. The molecule has 2 aromatic carbocycles. The zero-order chi connectivity index (χ0) is 31.2. The Morgan fingerprint density at radius 2 is 1.74 bits per heavy atom. The van der Waals surface area contributed by atoms with Crippen molar-refractivity contribution in [1.82, 2.24) is 14.9 Å². The third kappa shape index (κ3) is 8.70. The number of nitrogens with zero attached hydrogens (tertiary/aromatic N) is 1. The molecule has 4 rings (SSSR count). The van der Waals surface area contributed by atoms with Crippen LogP contribution in [0.5, 0.6) is 5.75 Å². The first kappa shape index (κ1) is 32.7. The molecule has 0 unspecified atom stereocenters. The van der Waals surface area contributed by atoms with Crippen LogP contribution in [0.2, 0.25) is 0 Å². The molecule has 0 aliphatic carbocycles. The summed E-state index contributed by atoms with van der Waals surface area (Å²) in [7, 11) is -4.45. The average Bonchev–Trinajstić information content (AvgIpc) is 2.97. The first-order valence-corrected chi connectivity index (χ1v) is 15.9. The van der Waals surface area contributed by atoms with Crippen molar-refractivity contribution in [2.24, 2.45) is 0 Å². The van der Waals surface area contributed by atoms with Crippen LogP contribution in [0.3, 0.4) is 0 Å². The Morgan fingerprint density at radius 1 is 1.05 bits per heavy atom. The summed E-state index contributed by atoms with van der Waals surface area (Å²) in [6, 6.07) is 8.29. The maximum absolute atomic E-state index is 13.7. The van der Waals surface area contributed by atoms with Crippen LogP contribution in [0.15, 0.2) is 53.4 Å². The Balaban J connectivity index is 1.56. The van der Waals surface area contributed by atoms with Gasteiger partial charge in [0.05, 0.1) is 16.6 Å². The number of amides is 2.